The molecule has 3 rings (SSSR count). The standard InChI is InChI=1S/C30H36FN3O4S/c1-22(2)19-32-30(36)28(17-24-11-6-5-7-12-24)33(20-25-13-8-10-23(3)16-25)29(35)21-34(39(4,37)38)27-15-9-14-26(31)18-27/h5-16,18,22,28H,17,19-21H2,1-4H3,(H,32,36). The number of hydrogen-bond donors (Lipinski definition) is 1. The van der Waals surface area contributed by atoms with Crippen molar-refractivity contribution in [3.8, 4) is 0 Å². The predicted molar refractivity (Wildman–Crippen MR) is 152 cm³/mol. The van der Waals surface area contributed by atoms with Crippen LogP contribution in [0.25, 0.3) is 0 Å². The molecule has 0 fully saturated rings. The Labute approximate surface area is 230 Å². The minimum Gasteiger partial charge on any atom is -0.354 e. The topological polar surface area (TPSA) is 86.8 Å². The molecule has 2 amide bonds. The molecular weight excluding hydrogens is 517 g/mol. The number of benzene rings is 3. The van der Waals surface area contributed by atoms with Crippen molar-refractivity contribution in [3.05, 3.63) is 101 Å². The van der Waals surface area contributed by atoms with Crippen molar-refractivity contribution in [2.24, 2.45) is 5.92 Å². The van der Waals surface area contributed by atoms with E-state index >= 15 is 0 Å². The van der Waals surface area contributed by atoms with Crippen molar-refractivity contribution in [2.45, 2.75) is 39.8 Å². The van der Waals surface area contributed by atoms with Gasteiger partial charge < -0.3 is 10.2 Å². The minimum atomic E-state index is -3.95. The van der Waals surface area contributed by atoms with Gasteiger partial charge in [0.2, 0.25) is 21.8 Å². The van der Waals surface area contributed by atoms with Crippen LogP contribution in [0.5, 0.6) is 0 Å². The number of aryl methyl sites for hydroxylation is 1. The first-order valence-corrected chi connectivity index (χ1v) is 14.7. The normalized spacial score (nSPS) is 12.2. The largest absolute Gasteiger partial charge is 0.354 e. The summed E-state index contributed by atoms with van der Waals surface area (Å²) in [5, 5.41) is 2.94. The zero-order valence-electron chi connectivity index (χ0n) is 22.8. The van der Waals surface area contributed by atoms with E-state index in [9.17, 15) is 22.4 Å². The number of anilines is 1. The maximum Gasteiger partial charge on any atom is 0.244 e. The van der Waals surface area contributed by atoms with Gasteiger partial charge in [-0.2, -0.15) is 0 Å². The van der Waals surface area contributed by atoms with Gasteiger partial charge in [-0.05, 0) is 42.2 Å². The lowest BCUT2D eigenvalue weighted by molar-refractivity contribution is -0.140. The molecule has 3 aromatic rings. The molecule has 39 heavy (non-hydrogen) atoms. The first kappa shape index (κ1) is 29.8. The van der Waals surface area contributed by atoms with E-state index in [-0.39, 0.29) is 30.5 Å². The smallest absolute Gasteiger partial charge is 0.244 e. The molecule has 0 aliphatic heterocycles. The van der Waals surface area contributed by atoms with Crippen LogP contribution in [0.2, 0.25) is 0 Å². The van der Waals surface area contributed by atoms with Gasteiger partial charge in [0.15, 0.2) is 0 Å². The fourth-order valence-electron chi connectivity index (χ4n) is 4.23. The van der Waals surface area contributed by atoms with Crippen molar-refractivity contribution in [2.75, 3.05) is 23.7 Å². The zero-order valence-corrected chi connectivity index (χ0v) is 23.6. The van der Waals surface area contributed by atoms with E-state index in [4.69, 9.17) is 0 Å². The fraction of sp³-hybridized carbons (Fsp3) is 0.333. The average Bonchev–Trinajstić information content (AvgIpc) is 2.87. The number of carbonyl (C=O) groups excluding carboxylic acids is 2. The molecule has 0 radical (unpaired) electrons. The molecule has 1 atom stereocenters. The molecule has 0 aliphatic rings. The zero-order chi connectivity index (χ0) is 28.6. The molecule has 0 spiro atoms. The van der Waals surface area contributed by atoms with Gasteiger partial charge in [-0.3, -0.25) is 13.9 Å². The van der Waals surface area contributed by atoms with E-state index < -0.39 is 34.3 Å². The van der Waals surface area contributed by atoms with Crippen LogP contribution in [-0.4, -0.2) is 50.5 Å². The summed E-state index contributed by atoms with van der Waals surface area (Å²) >= 11 is 0. The maximum atomic E-state index is 14.0. The third kappa shape index (κ3) is 8.92. The van der Waals surface area contributed by atoms with E-state index in [0.29, 0.717) is 6.54 Å². The number of hydrogen-bond acceptors (Lipinski definition) is 4. The van der Waals surface area contributed by atoms with Crippen LogP contribution in [-0.2, 0) is 32.6 Å². The summed E-state index contributed by atoms with van der Waals surface area (Å²) in [6.07, 6.45) is 1.20. The van der Waals surface area contributed by atoms with Crippen LogP contribution < -0.4 is 9.62 Å². The number of halogens is 1. The SMILES string of the molecule is Cc1cccc(CN(C(=O)CN(c2cccc(F)c2)S(C)(=O)=O)C(Cc2ccccc2)C(=O)NCC(C)C)c1. The van der Waals surface area contributed by atoms with Crippen LogP contribution in [0.3, 0.4) is 0 Å². The highest BCUT2D eigenvalue weighted by molar-refractivity contribution is 7.92. The van der Waals surface area contributed by atoms with Crippen molar-refractivity contribution in [1.29, 1.82) is 0 Å². The highest BCUT2D eigenvalue weighted by Gasteiger charge is 2.33. The number of rotatable bonds is 12. The van der Waals surface area contributed by atoms with E-state index in [2.05, 4.69) is 5.32 Å². The van der Waals surface area contributed by atoms with Crippen LogP contribution in [0.4, 0.5) is 10.1 Å². The molecule has 0 saturated carbocycles. The summed E-state index contributed by atoms with van der Waals surface area (Å²) in [6.45, 7) is 5.82. The Kier molecular flexibility index (Phi) is 10.2. The monoisotopic (exact) mass is 553 g/mol. The van der Waals surface area contributed by atoms with Gasteiger partial charge in [0.05, 0.1) is 11.9 Å². The minimum absolute atomic E-state index is 0.0326. The van der Waals surface area contributed by atoms with Gasteiger partial charge in [0.1, 0.15) is 18.4 Å². The number of sulfonamides is 1. The fourth-order valence-corrected chi connectivity index (χ4v) is 5.07. The number of nitrogens with zero attached hydrogens (tertiary/aromatic N) is 2. The molecule has 7 nitrogen and oxygen atoms in total. The lowest BCUT2D eigenvalue weighted by Gasteiger charge is -2.33. The van der Waals surface area contributed by atoms with Gasteiger partial charge in [0, 0.05) is 19.5 Å². The summed E-state index contributed by atoms with van der Waals surface area (Å²) < 4.78 is 40.3. The van der Waals surface area contributed by atoms with E-state index in [1.807, 2.05) is 75.4 Å². The van der Waals surface area contributed by atoms with E-state index in [0.717, 1.165) is 33.3 Å². The Balaban J connectivity index is 2.05. The molecule has 208 valence electrons. The first-order chi connectivity index (χ1) is 18.4. The Morgan fingerprint density at radius 2 is 1.59 bits per heavy atom. The maximum absolute atomic E-state index is 14.0. The van der Waals surface area contributed by atoms with Gasteiger partial charge in [-0.15, -0.1) is 0 Å². The Morgan fingerprint density at radius 3 is 2.21 bits per heavy atom. The molecule has 1 unspecified atom stereocenters. The Hall–Kier alpha value is -3.72. The highest BCUT2D eigenvalue weighted by atomic mass is 32.2. The van der Waals surface area contributed by atoms with Crippen LogP contribution in [0, 0.1) is 18.7 Å². The Bertz CT molecular complexity index is 1380. The van der Waals surface area contributed by atoms with Crippen molar-refractivity contribution in [1.82, 2.24) is 10.2 Å². The van der Waals surface area contributed by atoms with Crippen LogP contribution >= 0.6 is 0 Å². The molecule has 9 heteroatoms. The lowest BCUT2D eigenvalue weighted by Crippen LogP contribution is -2.53. The van der Waals surface area contributed by atoms with E-state index in [1.165, 1.54) is 23.1 Å². The Morgan fingerprint density at radius 1 is 0.923 bits per heavy atom. The number of nitrogens with one attached hydrogen (secondary N) is 1. The quantitative estimate of drug-likeness (QED) is 0.362. The number of amides is 2. The molecule has 0 bridgehead atoms. The van der Waals surface area contributed by atoms with Crippen molar-refractivity contribution < 1.29 is 22.4 Å². The summed E-state index contributed by atoms with van der Waals surface area (Å²) in [6, 6.07) is 21.1. The molecule has 3 aromatic carbocycles. The van der Waals surface area contributed by atoms with Crippen molar-refractivity contribution >= 4 is 27.5 Å². The summed E-state index contributed by atoms with van der Waals surface area (Å²) in [4.78, 5) is 29.0. The third-order valence-electron chi connectivity index (χ3n) is 6.17. The van der Waals surface area contributed by atoms with Gasteiger partial charge in [-0.25, -0.2) is 12.8 Å². The second-order valence-electron chi connectivity index (χ2n) is 10.1. The van der Waals surface area contributed by atoms with Gasteiger partial charge >= 0.3 is 0 Å². The molecule has 1 N–H and O–H groups in total. The van der Waals surface area contributed by atoms with E-state index in [1.54, 1.807) is 0 Å². The summed E-state index contributed by atoms with van der Waals surface area (Å²) in [5.41, 5.74) is 2.68. The van der Waals surface area contributed by atoms with Gasteiger partial charge in [0.25, 0.3) is 0 Å². The average molecular weight is 554 g/mol. The number of carbonyl (C=O) groups is 2. The molecule has 0 aliphatic carbocycles. The lowest BCUT2D eigenvalue weighted by atomic mass is 10.0. The second-order valence-corrected chi connectivity index (χ2v) is 12.0. The first-order valence-electron chi connectivity index (χ1n) is 12.8. The molecule has 0 heterocycles. The molecular formula is C30H36FN3O4S. The van der Waals surface area contributed by atoms with Crippen molar-refractivity contribution in [3.63, 3.8) is 0 Å². The second kappa shape index (κ2) is 13.4. The van der Waals surface area contributed by atoms with Gasteiger partial charge in [-0.1, -0.05) is 80.1 Å². The highest BCUT2D eigenvalue weighted by Crippen LogP contribution is 2.21. The summed E-state index contributed by atoms with van der Waals surface area (Å²) in [7, 11) is -3.95. The third-order valence-corrected chi connectivity index (χ3v) is 7.31. The summed E-state index contributed by atoms with van der Waals surface area (Å²) in [5.74, 6) is -1.33. The molecule has 0 saturated heterocycles. The predicted octanol–water partition coefficient (Wildman–Crippen LogP) is 4.31. The van der Waals surface area contributed by atoms with Crippen LogP contribution in [0.15, 0.2) is 78.9 Å². The van der Waals surface area contributed by atoms with Crippen LogP contribution in [0.1, 0.15) is 30.5 Å². The molecule has 0 aromatic heterocycles.